The highest BCUT2D eigenvalue weighted by atomic mass is 35.5. The van der Waals surface area contributed by atoms with Gasteiger partial charge in [0.15, 0.2) is 0 Å². The van der Waals surface area contributed by atoms with Crippen molar-refractivity contribution in [2.45, 2.75) is 25.4 Å². The fourth-order valence-electron chi connectivity index (χ4n) is 2.57. The van der Waals surface area contributed by atoms with E-state index in [2.05, 4.69) is 16.0 Å². The van der Waals surface area contributed by atoms with Gasteiger partial charge in [-0.15, -0.1) is 12.4 Å². The summed E-state index contributed by atoms with van der Waals surface area (Å²) in [4.78, 5) is 24.2. The minimum Gasteiger partial charge on any atom is -0.368 e. The van der Waals surface area contributed by atoms with E-state index in [9.17, 15) is 9.59 Å². The van der Waals surface area contributed by atoms with Crippen LogP contribution in [0.5, 0.6) is 0 Å². The van der Waals surface area contributed by atoms with E-state index in [-0.39, 0.29) is 24.2 Å². The molecule has 23 heavy (non-hydrogen) atoms. The molecule has 3 N–H and O–H groups in total. The van der Waals surface area contributed by atoms with E-state index in [0.717, 1.165) is 13.1 Å². The normalized spacial score (nSPS) is 16.1. The van der Waals surface area contributed by atoms with Crippen LogP contribution in [0.4, 0.5) is 5.69 Å². The molecule has 0 atom stereocenters. The number of benzene rings is 1. The zero-order valence-corrected chi connectivity index (χ0v) is 14.3. The number of anilines is 1. The summed E-state index contributed by atoms with van der Waals surface area (Å²) in [6.45, 7) is 3.98. The van der Waals surface area contributed by atoms with E-state index >= 15 is 0 Å². The maximum Gasteiger partial charge on any atom is 0.256 e. The number of methoxy groups -OCH3 is 1. The zero-order valence-electron chi connectivity index (χ0n) is 13.5. The second kappa shape index (κ2) is 8.86. The highest BCUT2D eigenvalue weighted by Crippen LogP contribution is 2.24. The van der Waals surface area contributed by atoms with Gasteiger partial charge < -0.3 is 20.7 Å². The molecule has 7 heteroatoms. The average molecular weight is 342 g/mol. The first kappa shape index (κ1) is 19.4. The van der Waals surface area contributed by atoms with Crippen molar-refractivity contribution in [3.8, 4) is 0 Å². The van der Waals surface area contributed by atoms with Crippen LogP contribution in [0.15, 0.2) is 24.3 Å². The number of ether oxygens (including phenoxy) is 1. The van der Waals surface area contributed by atoms with E-state index in [0.29, 0.717) is 30.6 Å². The van der Waals surface area contributed by atoms with Crippen LogP contribution >= 0.6 is 12.4 Å². The lowest BCUT2D eigenvalue weighted by atomic mass is 9.91. The monoisotopic (exact) mass is 341 g/mol. The van der Waals surface area contributed by atoms with Gasteiger partial charge in [0, 0.05) is 24.9 Å². The van der Waals surface area contributed by atoms with Crippen molar-refractivity contribution in [2.75, 3.05) is 32.1 Å². The Morgan fingerprint density at radius 3 is 2.35 bits per heavy atom. The number of halogens is 1. The quantitative estimate of drug-likeness (QED) is 0.759. The lowest BCUT2D eigenvalue weighted by Gasteiger charge is -2.34. The predicted octanol–water partition coefficient (Wildman–Crippen LogP) is 1.57. The molecule has 128 valence electrons. The van der Waals surface area contributed by atoms with Crippen LogP contribution in [0.1, 0.15) is 30.1 Å². The van der Waals surface area contributed by atoms with Gasteiger partial charge in [0.05, 0.1) is 0 Å². The van der Waals surface area contributed by atoms with Gasteiger partial charge >= 0.3 is 0 Å². The molecule has 0 unspecified atom stereocenters. The van der Waals surface area contributed by atoms with E-state index in [1.165, 1.54) is 0 Å². The summed E-state index contributed by atoms with van der Waals surface area (Å²) in [5.74, 6) is -0.255. The summed E-state index contributed by atoms with van der Waals surface area (Å²) < 4.78 is 5.49. The molecule has 2 rings (SSSR count). The van der Waals surface area contributed by atoms with Crippen LogP contribution in [-0.4, -0.2) is 44.2 Å². The Kier molecular flexibility index (Phi) is 7.48. The fraction of sp³-hybridized carbons (Fsp3) is 0.500. The number of hydrogen-bond acceptors (Lipinski definition) is 4. The molecular weight excluding hydrogens is 318 g/mol. The van der Waals surface area contributed by atoms with Crippen molar-refractivity contribution in [3.63, 3.8) is 0 Å². The minimum absolute atomic E-state index is 0. The van der Waals surface area contributed by atoms with Crippen LogP contribution in [0.25, 0.3) is 0 Å². The van der Waals surface area contributed by atoms with Gasteiger partial charge in [0.1, 0.15) is 5.60 Å². The zero-order chi connectivity index (χ0) is 16.0. The molecule has 1 aromatic rings. The first-order valence-corrected chi connectivity index (χ1v) is 7.57. The molecule has 0 bridgehead atoms. The van der Waals surface area contributed by atoms with E-state index in [1.807, 2.05) is 6.92 Å². The highest BCUT2D eigenvalue weighted by molar-refractivity contribution is 5.98. The second-order valence-electron chi connectivity index (χ2n) is 5.34. The summed E-state index contributed by atoms with van der Waals surface area (Å²) in [7, 11) is 1.57. The number of hydrogen-bond donors (Lipinski definition) is 3. The largest absolute Gasteiger partial charge is 0.368 e. The molecule has 0 aromatic heterocycles. The van der Waals surface area contributed by atoms with Crippen LogP contribution in [0, 0.1) is 0 Å². The minimum atomic E-state index is -0.774. The summed E-state index contributed by atoms with van der Waals surface area (Å²) in [5, 5.41) is 8.83. The molecular formula is C16H24ClN3O3. The van der Waals surface area contributed by atoms with Crippen molar-refractivity contribution in [1.29, 1.82) is 0 Å². The molecule has 0 radical (unpaired) electrons. The summed E-state index contributed by atoms with van der Waals surface area (Å²) in [6, 6.07) is 6.85. The highest BCUT2D eigenvalue weighted by Gasteiger charge is 2.39. The smallest absolute Gasteiger partial charge is 0.256 e. The SMILES string of the molecule is CCNC(=O)c1ccc(NC(=O)C2(OC)CCNCC2)cc1.Cl. The van der Waals surface area contributed by atoms with Gasteiger partial charge in [-0.05, 0) is 57.1 Å². The Morgan fingerprint density at radius 1 is 1.22 bits per heavy atom. The van der Waals surface area contributed by atoms with Crippen LogP contribution < -0.4 is 16.0 Å². The van der Waals surface area contributed by atoms with E-state index < -0.39 is 5.60 Å². The van der Waals surface area contributed by atoms with Crippen LogP contribution in [-0.2, 0) is 9.53 Å². The lowest BCUT2D eigenvalue weighted by Crippen LogP contribution is -2.51. The maximum absolute atomic E-state index is 12.5. The van der Waals surface area contributed by atoms with Crippen molar-refractivity contribution in [2.24, 2.45) is 0 Å². The Balaban J connectivity index is 0.00000264. The molecule has 0 aliphatic carbocycles. The predicted molar refractivity (Wildman–Crippen MR) is 92.2 cm³/mol. The number of amides is 2. The molecule has 0 spiro atoms. The first-order valence-electron chi connectivity index (χ1n) is 7.57. The van der Waals surface area contributed by atoms with Crippen molar-refractivity contribution < 1.29 is 14.3 Å². The summed E-state index contributed by atoms with van der Waals surface area (Å²) in [5.41, 5.74) is 0.458. The molecule has 0 saturated carbocycles. The Bertz CT molecular complexity index is 528. The van der Waals surface area contributed by atoms with Gasteiger partial charge in [0.25, 0.3) is 11.8 Å². The van der Waals surface area contributed by atoms with Gasteiger partial charge in [-0.1, -0.05) is 0 Å². The van der Waals surface area contributed by atoms with Gasteiger partial charge in [0.2, 0.25) is 0 Å². The van der Waals surface area contributed by atoms with E-state index in [4.69, 9.17) is 4.74 Å². The number of carbonyl (C=O) groups is 2. The lowest BCUT2D eigenvalue weighted by molar-refractivity contribution is -0.140. The summed E-state index contributed by atoms with van der Waals surface area (Å²) in [6.07, 6.45) is 1.29. The van der Waals surface area contributed by atoms with Gasteiger partial charge in [-0.25, -0.2) is 0 Å². The van der Waals surface area contributed by atoms with Crippen molar-refractivity contribution in [3.05, 3.63) is 29.8 Å². The topological polar surface area (TPSA) is 79.5 Å². The molecule has 6 nitrogen and oxygen atoms in total. The standard InChI is InChI=1S/C16H23N3O3.ClH/c1-3-18-14(20)12-4-6-13(7-5-12)19-15(21)16(22-2)8-10-17-11-9-16;/h4-7,17H,3,8-11H2,1-2H3,(H,18,20)(H,19,21);1H. The fourth-order valence-corrected chi connectivity index (χ4v) is 2.57. The molecule has 1 heterocycles. The number of nitrogens with one attached hydrogen (secondary N) is 3. The van der Waals surface area contributed by atoms with Gasteiger partial charge in [-0.2, -0.15) is 0 Å². The third-order valence-electron chi connectivity index (χ3n) is 3.96. The second-order valence-corrected chi connectivity index (χ2v) is 5.34. The average Bonchev–Trinajstić information content (AvgIpc) is 2.56. The first-order chi connectivity index (χ1) is 10.6. The summed E-state index contributed by atoms with van der Waals surface area (Å²) >= 11 is 0. The molecule has 1 saturated heterocycles. The Hall–Kier alpha value is -1.63. The van der Waals surface area contributed by atoms with Crippen LogP contribution in [0.3, 0.4) is 0 Å². The van der Waals surface area contributed by atoms with Crippen molar-refractivity contribution >= 4 is 29.9 Å². The molecule has 1 aliphatic heterocycles. The molecule has 2 amide bonds. The maximum atomic E-state index is 12.5. The third kappa shape index (κ3) is 4.67. The molecule has 1 aromatic carbocycles. The number of carbonyl (C=O) groups excluding carboxylic acids is 2. The van der Waals surface area contributed by atoms with Crippen molar-refractivity contribution in [1.82, 2.24) is 10.6 Å². The van der Waals surface area contributed by atoms with E-state index in [1.54, 1.807) is 31.4 Å². The molecule has 1 fully saturated rings. The Morgan fingerprint density at radius 2 is 1.83 bits per heavy atom. The number of rotatable bonds is 5. The van der Waals surface area contributed by atoms with Gasteiger partial charge in [-0.3, -0.25) is 9.59 Å². The third-order valence-corrected chi connectivity index (χ3v) is 3.96. The molecule has 1 aliphatic rings. The Labute approximate surface area is 142 Å². The van der Waals surface area contributed by atoms with Crippen LogP contribution in [0.2, 0.25) is 0 Å². The number of piperidine rings is 1.